The average Bonchev–Trinajstić information content (AvgIpc) is 2.57. The summed E-state index contributed by atoms with van der Waals surface area (Å²) in [4.78, 5) is 11.2. The van der Waals surface area contributed by atoms with Crippen molar-refractivity contribution in [1.29, 1.82) is 0 Å². The van der Waals surface area contributed by atoms with Gasteiger partial charge in [-0.25, -0.2) is 4.39 Å². The van der Waals surface area contributed by atoms with Crippen LogP contribution in [-0.4, -0.2) is 12.6 Å². The van der Waals surface area contributed by atoms with Gasteiger partial charge in [-0.2, -0.15) is 0 Å². The normalized spacial score (nSPS) is 20.4. The summed E-state index contributed by atoms with van der Waals surface area (Å²) < 4.78 is 18.4. The number of ether oxygens (including phenoxy) is 1. The number of esters is 1. The maximum absolute atomic E-state index is 12.8. The van der Waals surface area contributed by atoms with Crippen LogP contribution in [0.1, 0.15) is 12.0 Å². The Morgan fingerprint density at radius 2 is 2.33 bits per heavy atom. The Balaban J connectivity index is 2.13. The Hall–Kier alpha value is -0.900. The molecule has 1 aliphatic heterocycles. The van der Waals surface area contributed by atoms with E-state index in [9.17, 15) is 9.18 Å². The van der Waals surface area contributed by atoms with Crippen LogP contribution in [0.5, 0.6) is 0 Å². The van der Waals surface area contributed by atoms with Crippen LogP contribution in [0.15, 0.2) is 22.7 Å². The third kappa shape index (κ3) is 2.37. The van der Waals surface area contributed by atoms with Crippen molar-refractivity contribution < 1.29 is 13.9 Å². The molecule has 1 atom stereocenters. The average molecular weight is 273 g/mol. The topological polar surface area (TPSA) is 26.3 Å². The fourth-order valence-corrected chi connectivity index (χ4v) is 2.19. The second-order valence-electron chi connectivity index (χ2n) is 3.59. The molecule has 2 nitrogen and oxygen atoms in total. The number of carbonyl (C=O) groups excluding carboxylic acids is 1. The molecule has 1 fully saturated rings. The number of halogens is 2. The molecule has 0 N–H and O–H groups in total. The molecule has 1 unspecified atom stereocenters. The van der Waals surface area contributed by atoms with Gasteiger partial charge in [0.15, 0.2) is 0 Å². The number of hydrogen-bond acceptors (Lipinski definition) is 2. The number of carbonyl (C=O) groups is 1. The maximum atomic E-state index is 12.8. The summed E-state index contributed by atoms with van der Waals surface area (Å²) in [7, 11) is 0. The first kappa shape index (κ1) is 10.6. The number of hydrogen-bond donors (Lipinski definition) is 0. The van der Waals surface area contributed by atoms with Crippen LogP contribution in [-0.2, 0) is 16.0 Å². The number of rotatable bonds is 2. The molecular formula is C11H10BrFO2. The minimum Gasteiger partial charge on any atom is -0.465 e. The third-order valence-corrected chi connectivity index (χ3v) is 3.26. The lowest BCUT2D eigenvalue weighted by atomic mass is 9.98. The molecule has 0 bridgehead atoms. The second-order valence-corrected chi connectivity index (χ2v) is 4.45. The first-order valence-electron chi connectivity index (χ1n) is 4.77. The summed E-state index contributed by atoms with van der Waals surface area (Å²) in [6.45, 7) is 0.502. The summed E-state index contributed by atoms with van der Waals surface area (Å²) >= 11 is 3.28. The first-order chi connectivity index (χ1) is 7.16. The Labute approximate surface area is 95.6 Å². The molecule has 0 radical (unpaired) electrons. The minimum atomic E-state index is -0.278. The van der Waals surface area contributed by atoms with Gasteiger partial charge in [0.2, 0.25) is 0 Å². The van der Waals surface area contributed by atoms with E-state index in [1.54, 1.807) is 6.07 Å². The fraction of sp³-hybridized carbons (Fsp3) is 0.364. The van der Waals surface area contributed by atoms with Gasteiger partial charge in [0.25, 0.3) is 0 Å². The molecule has 0 amide bonds. The van der Waals surface area contributed by atoms with Gasteiger partial charge in [-0.15, -0.1) is 0 Å². The predicted molar refractivity (Wildman–Crippen MR) is 56.9 cm³/mol. The van der Waals surface area contributed by atoms with E-state index < -0.39 is 0 Å². The molecule has 0 saturated carbocycles. The van der Waals surface area contributed by atoms with Crippen LogP contribution in [0, 0.1) is 11.7 Å². The zero-order chi connectivity index (χ0) is 10.8. The largest absolute Gasteiger partial charge is 0.465 e. The van der Waals surface area contributed by atoms with Crippen LogP contribution in [0.25, 0.3) is 0 Å². The quantitative estimate of drug-likeness (QED) is 0.774. The van der Waals surface area contributed by atoms with Gasteiger partial charge in [0.05, 0.1) is 12.5 Å². The summed E-state index contributed by atoms with van der Waals surface area (Å²) in [5.41, 5.74) is 0.945. The van der Waals surface area contributed by atoms with Gasteiger partial charge in [-0.05, 0) is 30.5 Å². The van der Waals surface area contributed by atoms with Gasteiger partial charge >= 0.3 is 5.97 Å². The van der Waals surface area contributed by atoms with Crippen LogP contribution < -0.4 is 0 Å². The van der Waals surface area contributed by atoms with Crippen molar-refractivity contribution in [3.05, 3.63) is 34.1 Å². The van der Waals surface area contributed by atoms with E-state index in [1.807, 2.05) is 0 Å². The summed E-state index contributed by atoms with van der Waals surface area (Å²) in [5, 5.41) is 0. The predicted octanol–water partition coefficient (Wildman–Crippen LogP) is 2.69. The molecule has 2 rings (SSSR count). The molecule has 1 aliphatic rings. The number of cyclic esters (lactones) is 1. The lowest BCUT2D eigenvalue weighted by molar-refractivity contribution is -0.141. The molecule has 1 saturated heterocycles. The van der Waals surface area contributed by atoms with E-state index in [0.717, 1.165) is 12.0 Å². The molecule has 0 aromatic heterocycles. The van der Waals surface area contributed by atoms with Crippen LogP contribution in [0.2, 0.25) is 0 Å². The van der Waals surface area contributed by atoms with Crippen LogP contribution >= 0.6 is 15.9 Å². The summed E-state index contributed by atoms with van der Waals surface area (Å²) in [6.07, 6.45) is 1.36. The highest BCUT2D eigenvalue weighted by Gasteiger charge is 2.27. The van der Waals surface area contributed by atoms with Gasteiger partial charge in [-0.3, -0.25) is 4.79 Å². The van der Waals surface area contributed by atoms with Crippen LogP contribution in [0.3, 0.4) is 0 Å². The van der Waals surface area contributed by atoms with E-state index in [0.29, 0.717) is 17.5 Å². The van der Waals surface area contributed by atoms with Crippen molar-refractivity contribution in [2.45, 2.75) is 12.8 Å². The molecule has 1 aromatic carbocycles. The van der Waals surface area contributed by atoms with E-state index in [4.69, 9.17) is 4.74 Å². The molecule has 1 heterocycles. The monoisotopic (exact) mass is 272 g/mol. The van der Waals surface area contributed by atoms with Crippen molar-refractivity contribution in [3.63, 3.8) is 0 Å². The summed E-state index contributed by atoms with van der Waals surface area (Å²) in [5.74, 6) is -0.502. The molecule has 15 heavy (non-hydrogen) atoms. The van der Waals surface area contributed by atoms with E-state index in [2.05, 4.69) is 15.9 Å². The second kappa shape index (κ2) is 4.31. The highest BCUT2D eigenvalue weighted by Crippen LogP contribution is 2.25. The molecule has 80 valence electrons. The highest BCUT2D eigenvalue weighted by atomic mass is 79.9. The zero-order valence-corrected chi connectivity index (χ0v) is 9.59. The highest BCUT2D eigenvalue weighted by molar-refractivity contribution is 9.10. The molecule has 4 heteroatoms. The Kier molecular flexibility index (Phi) is 3.05. The maximum Gasteiger partial charge on any atom is 0.309 e. The lowest BCUT2D eigenvalue weighted by Crippen LogP contribution is -2.10. The molecule has 0 aliphatic carbocycles. The van der Waals surface area contributed by atoms with Gasteiger partial charge in [-0.1, -0.05) is 22.0 Å². The Morgan fingerprint density at radius 3 is 2.93 bits per heavy atom. The zero-order valence-electron chi connectivity index (χ0n) is 8.00. The molecular weight excluding hydrogens is 263 g/mol. The summed E-state index contributed by atoms with van der Waals surface area (Å²) in [6, 6.07) is 4.51. The minimum absolute atomic E-state index is 0.0771. The Bertz CT molecular complexity index is 392. The van der Waals surface area contributed by atoms with Crippen molar-refractivity contribution in [1.82, 2.24) is 0 Å². The molecule has 1 aromatic rings. The van der Waals surface area contributed by atoms with Crippen LogP contribution in [0.4, 0.5) is 4.39 Å². The fourth-order valence-electron chi connectivity index (χ4n) is 1.68. The van der Waals surface area contributed by atoms with Crippen molar-refractivity contribution in [3.8, 4) is 0 Å². The van der Waals surface area contributed by atoms with Gasteiger partial charge < -0.3 is 4.74 Å². The van der Waals surface area contributed by atoms with Gasteiger partial charge in [0, 0.05) is 4.47 Å². The standard InChI is InChI=1S/C11H10BrFO2/c12-10-6-9(13)2-1-7(10)5-8-3-4-15-11(8)14/h1-2,6,8H,3-5H2. The molecule has 0 spiro atoms. The first-order valence-corrected chi connectivity index (χ1v) is 5.56. The van der Waals surface area contributed by atoms with Crippen molar-refractivity contribution in [2.24, 2.45) is 5.92 Å². The van der Waals surface area contributed by atoms with E-state index >= 15 is 0 Å². The number of benzene rings is 1. The van der Waals surface area contributed by atoms with Crippen molar-refractivity contribution in [2.75, 3.05) is 6.61 Å². The Morgan fingerprint density at radius 1 is 1.53 bits per heavy atom. The SMILES string of the molecule is O=C1OCCC1Cc1ccc(F)cc1Br. The van der Waals surface area contributed by atoms with Crippen molar-refractivity contribution >= 4 is 21.9 Å². The smallest absolute Gasteiger partial charge is 0.309 e. The van der Waals surface area contributed by atoms with E-state index in [1.165, 1.54) is 12.1 Å². The van der Waals surface area contributed by atoms with Gasteiger partial charge in [0.1, 0.15) is 5.82 Å². The third-order valence-electron chi connectivity index (χ3n) is 2.53. The lowest BCUT2D eigenvalue weighted by Gasteiger charge is -2.07. The van der Waals surface area contributed by atoms with E-state index in [-0.39, 0.29) is 17.7 Å².